The number of rotatable bonds is 4. The molecule has 2 bridgehead atoms. The molecule has 19 heavy (non-hydrogen) atoms. The minimum Gasteiger partial charge on any atom is -0.493 e. The lowest BCUT2D eigenvalue weighted by Crippen LogP contribution is -2.18. The molecule has 104 valence electrons. The Kier molecular flexibility index (Phi) is 3.53. The Hall–Kier alpha value is -1.02. The van der Waals surface area contributed by atoms with Gasteiger partial charge in [-0.2, -0.15) is 0 Å². The third kappa shape index (κ3) is 2.64. The first-order chi connectivity index (χ1) is 9.13. The van der Waals surface area contributed by atoms with Crippen molar-refractivity contribution in [2.24, 2.45) is 17.8 Å². The van der Waals surface area contributed by atoms with Gasteiger partial charge in [-0.15, -0.1) is 0 Å². The lowest BCUT2D eigenvalue weighted by Gasteiger charge is -2.22. The molecule has 2 heteroatoms. The Morgan fingerprint density at radius 2 is 2.16 bits per heavy atom. The van der Waals surface area contributed by atoms with Crippen molar-refractivity contribution in [1.82, 2.24) is 0 Å². The molecule has 1 aromatic rings. The molecule has 0 aromatic heterocycles. The fourth-order valence-electron chi connectivity index (χ4n) is 3.87. The summed E-state index contributed by atoms with van der Waals surface area (Å²) in [5.74, 6) is 3.65. The summed E-state index contributed by atoms with van der Waals surface area (Å²) >= 11 is 0. The molecule has 0 saturated heterocycles. The van der Waals surface area contributed by atoms with Crippen molar-refractivity contribution in [2.45, 2.75) is 45.6 Å². The Balaban J connectivity index is 1.61. The van der Waals surface area contributed by atoms with Crippen LogP contribution in [0.2, 0.25) is 0 Å². The summed E-state index contributed by atoms with van der Waals surface area (Å²) in [5, 5.41) is 9.57. The second kappa shape index (κ2) is 5.16. The molecule has 2 fully saturated rings. The maximum absolute atomic E-state index is 9.57. The van der Waals surface area contributed by atoms with Crippen LogP contribution in [0.5, 0.6) is 5.75 Å². The molecule has 1 N–H and O–H groups in total. The summed E-state index contributed by atoms with van der Waals surface area (Å²) in [6.07, 6.45) is 5.27. The van der Waals surface area contributed by atoms with Crippen molar-refractivity contribution >= 4 is 0 Å². The van der Waals surface area contributed by atoms with Crippen LogP contribution in [-0.4, -0.2) is 11.7 Å². The second-order valence-corrected chi connectivity index (χ2v) is 6.45. The van der Waals surface area contributed by atoms with Gasteiger partial charge in [-0.3, -0.25) is 0 Å². The highest BCUT2D eigenvalue weighted by atomic mass is 16.5. The third-order valence-electron chi connectivity index (χ3n) is 5.02. The highest BCUT2D eigenvalue weighted by molar-refractivity contribution is 5.36. The topological polar surface area (TPSA) is 29.5 Å². The summed E-state index contributed by atoms with van der Waals surface area (Å²) in [7, 11) is 0. The van der Waals surface area contributed by atoms with Crippen LogP contribution in [0.4, 0.5) is 0 Å². The van der Waals surface area contributed by atoms with E-state index in [0.717, 1.165) is 41.2 Å². The highest BCUT2D eigenvalue weighted by Gasteiger charge is 2.39. The van der Waals surface area contributed by atoms with Crippen molar-refractivity contribution < 1.29 is 9.84 Å². The molecule has 3 rings (SSSR count). The minimum absolute atomic E-state index is 0.404. The predicted molar refractivity (Wildman–Crippen MR) is 76.2 cm³/mol. The van der Waals surface area contributed by atoms with Crippen molar-refractivity contribution in [3.63, 3.8) is 0 Å². The van der Waals surface area contributed by atoms with Crippen LogP contribution in [0.1, 0.15) is 49.8 Å². The van der Waals surface area contributed by atoms with Crippen LogP contribution in [0.3, 0.4) is 0 Å². The molecule has 2 aliphatic rings. The van der Waals surface area contributed by atoms with E-state index in [2.05, 4.69) is 6.92 Å². The summed E-state index contributed by atoms with van der Waals surface area (Å²) in [6.45, 7) is 4.72. The molecule has 1 aromatic carbocycles. The summed E-state index contributed by atoms with van der Waals surface area (Å²) in [5.41, 5.74) is 2.09. The second-order valence-electron chi connectivity index (χ2n) is 6.45. The van der Waals surface area contributed by atoms with Crippen molar-refractivity contribution in [2.75, 3.05) is 6.61 Å². The molecule has 0 amide bonds. The molecule has 2 nitrogen and oxygen atoms in total. The maximum atomic E-state index is 9.57. The standard InChI is InChI=1S/C17H24O2/c1-11-7-14(12(2)18)5-6-17(11)19-10-16-9-13-3-4-15(16)8-13/h5-7,12-13,15-16,18H,3-4,8-10H2,1-2H3/t12-,13?,15?,16?/m1/s1. The van der Waals surface area contributed by atoms with Gasteiger partial charge in [0.25, 0.3) is 0 Å². The Labute approximate surface area is 115 Å². The van der Waals surface area contributed by atoms with Crippen molar-refractivity contribution in [1.29, 1.82) is 0 Å². The van der Waals surface area contributed by atoms with Crippen LogP contribution in [0.25, 0.3) is 0 Å². The number of aliphatic hydroxyl groups is 1. The normalized spacial score (nSPS) is 30.6. The average molecular weight is 260 g/mol. The van der Waals surface area contributed by atoms with E-state index in [9.17, 15) is 5.11 Å². The van der Waals surface area contributed by atoms with Gasteiger partial charge in [-0.05, 0) is 74.1 Å². The first-order valence-corrected chi connectivity index (χ1v) is 7.55. The van der Waals surface area contributed by atoms with E-state index in [1.54, 1.807) is 6.92 Å². The molecule has 4 atom stereocenters. The van der Waals surface area contributed by atoms with Crippen LogP contribution in [-0.2, 0) is 0 Å². The van der Waals surface area contributed by atoms with Crippen LogP contribution in [0.15, 0.2) is 18.2 Å². The maximum Gasteiger partial charge on any atom is 0.122 e. The highest BCUT2D eigenvalue weighted by Crippen LogP contribution is 2.48. The fourth-order valence-corrected chi connectivity index (χ4v) is 3.87. The van der Waals surface area contributed by atoms with Gasteiger partial charge < -0.3 is 9.84 Å². The van der Waals surface area contributed by atoms with E-state index in [1.807, 2.05) is 18.2 Å². The fraction of sp³-hybridized carbons (Fsp3) is 0.647. The monoisotopic (exact) mass is 260 g/mol. The zero-order valence-electron chi connectivity index (χ0n) is 11.9. The number of aryl methyl sites for hydroxylation is 1. The SMILES string of the molecule is Cc1cc([C@@H](C)O)ccc1OCC1CC2CCC1C2. The Morgan fingerprint density at radius 3 is 2.74 bits per heavy atom. The zero-order chi connectivity index (χ0) is 13.4. The first kappa shape index (κ1) is 13.0. The molecule has 2 aliphatic carbocycles. The number of fused-ring (bicyclic) bond motifs is 2. The van der Waals surface area contributed by atoms with Crippen LogP contribution in [0, 0.1) is 24.7 Å². The molecule has 2 saturated carbocycles. The van der Waals surface area contributed by atoms with Crippen molar-refractivity contribution in [3.8, 4) is 5.75 Å². The van der Waals surface area contributed by atoms with Gasteiger partial charge in [-0.25, -0.2) is 0 Å². The van der Waals surface area contributed by atoms with Gasteiger partial charge in [0.15, 0.2) is 0 Å². The number of benzene rings is 1. The molecular weight excluding hydrogens is 236 g/mol. The molecule has 0 heterocycles. The number of aliphatic hydroxyl groups excluding tert-OH is 1. The molecule has 0 spiro atoms. The van der Waals surface area contributed by atoms with E-state index < -0.39 is 6.10 Å². The van der Waals surface area contributed by atoms with E-state index in [-0.39, 0.29) is 0 Å². The summed E-state index contributed by atoms with van der Waals surface area (Å²) in [6, 6.07) is 6.00. The third-order valence-corrected chi connectivity index (χ3v) is 5.02. The van der Waals surface area contributed by atoms with Gasteiger partial charge >= 0.3 is 0 Å². The zero-order valence-corrected chi connectivity index (χ0v) is 11.9. The van der Waals surface area contributed by atoms with Crippen LogP contribution < -0.4 is 4.74 Å². The lowest BCUT2D eigenvalue weighted by atomic mass is 9.89. The lowest BCUT2D eigenvalue weighted by molar-refractivity contribution is 0.192. The molecule has 0 aliphatic heterocycles. The first-order valence-electron chi connectivity index (χ1n) is 7.55. The minimum atomic E-state index is -0.404. The Morgan fingerprint density at radius 1 is 1.32 bits per heavy atom. The van der Waals surface area contributed by atoms with Gasteiger partial charge in [0.05, 0.1) is 12.7 Å². The van der Waals surface area contributed by atoms with Gasteiger partial charge in [0, 0.05) is 0 Å². The van der Waals surface area contributed by atoms with E-state index in [1.165, 1.54) is 25.7 Å². The van der Waals surface area contributed by atoms with Crippen LogP contribution >= 0.6 is 0 Å². The smallest absolute Gasteiger partial charge is 0.122 e. The van der Waals surface area contributed by atoms with Crippen molar-refractivity contribution in [3.05, 3.63) is 29.3 Å². The van der Waals surface area contributed by atoms with Gasteiger partial charge in [0.1, 0.15) is 5.75 Å². The molecule has 0 radical (unpaired) electrons. The van der Waals surface area contributed by atoms with E-state index in [4.69, 9.17) is 4.74 Å². The number of hydrogen-bond acceptors (Lipinski definition) is 2. The Bertz CT molecular complexity index is 453. The molecular formula is C17H24O2. The average Bonchev–Trinajstić information content (AvgIpc) is 2.99. The quantitative estimate of drug-likeness (QED) is 0.890. The number of hydrogen-bond donors (Lipinski definition) is 1. The van der Waals surface area contributed by atoms with Gasteiger partial charge in [-0.1, -0.05) is 12.5 Å². The number of ether oxygens (including phenoxy) is 1. The van der Waals surface area contributed by atoms with E-state index >= 15 is 0 Å². The molecule has 3 unspecified atom stereocenters. The van der Waals surface area contributed by atoms with E-state index in [0.29, 0.717) is 0 Å². The summed E-state index contributed by atoms with van der Waals surface area (Å²) < 4.78 is 6.03. The van der Waals surface area contributed by atoms with Gasteiger partial charge in [0.2, 0.25) is 0 Å². The predicted octanol–water partition coefficient (Wildman–Crippen LogP) is 3.86. The summed E-state index contributed by atoms with van der Waals surface area (Å²) in [4.78, 5) is 0. The largest absolute Gasteiger partial charge is 0.493 e.